The average molecular weight is 112 g/mol. The van der Waals surface area contributed by atoms with Gasteiger partial charge < -0.3 is 10.6 Å². The summed E-state index contributed by atoms with van der Waals surface area (Å²) in [6.07, 6.45) is 2.69. The van der Waals surface area contributed by atoms with E-state index in [1.54, 1.807) is 0 Å². The molecule has 0 aliphatic carbocycles. The molecule has 0 aromatic heterocycles. The van der Waals surface area contributed by atoms with Crippen LogP contribution in [-0.2, 0) is 0 Å². The number of fused-ring (bicyclic) bond motifs is 2. The zero-order valence-electron chi connectivity index (χ0n) is 4.98. The molecule has 2 atom stereocenters. The molecule has 2 heterocycles. The smallest absolute Gasteiger partial charge is 0.0207 e. The Kier molecular flexibility index (Phi) is 1.02. The predicted molar refractivity (Wildman–Crippen MR) is 32.8 cm³/mol. The number of hydrogen-bond acceptors (Lipinski definition) is 2. The van der Waals surface area contributed by atoms with E-state index in [4.69, 9.17) is 0 Å². The van der Waals surface area contributed by atoms with Crippen LogP contribution in [0, 0.1) is 0 Å². The van der Waals surface area contributed by atoms with Crippen LogP contribution in [0.25, 0.3) is 0 Å². The van der Waals surface area contributed by atoms with Crippen LogP contribution in [0.3, 0.4) is 0 Å². The van der Waals surface area contributed by atoms with Crippen LogP contribution in [0.4, 0.5) is 0 Å². The van der Waals surface area contributed by atoms with Gasteiger partial charge in [-0.25, -0.2) is 0 Å². The molecule has 0 radical (unpaired) electrons. The molecular weight excluding hydrogens is 100 g/mol. The molecule has 2 heteroatoms. The van der Waals surface area contributed by atoms with Crippen molar-refractivity contribution in [2.45, 2.75) is 24.9 Å². The second kappa shape index (κ2) is 1.71. The van der Waals surface area contributed by atoms with Gasteiger partial charge >= 0.3 is 0 Å². The van der Waals surface area contributed by atoms with Crippen molar-refractivity contribution >= 4 is 0 Å². The van der Waals surface area contributed by atoms with E-state index in [1.807, 2.05) is 0 Å². The zero-order chi connectivity index (χ0) is 5.40. The summed E-state index contributed by atoms with van der Waals surface area (Å²) in [5.74, 6) is 0. The molecule has 2 nitrogen and oxygen atoms in total. The molecule has 0 saturated carbocycles. The molecule has 2 aliphatic rings. The van der Waals surface area contributed by atoms with Crippen molar-refractivity contribution in [2.24, 2.45) is 0 Å². The minimum atomic E-state index is 0.800. The molecule has 8 heavy (non-hydrogen) atoms. The fraction of sp³-hybridized carbons (Fsp3) is 1.00. The van der Waals surface area contributed by atoms with Crippen LogP contribution in [0.5, 0.6) is 0 Å². The zero-order valence-corrected chi connectivity index (χ0v) is 4.98. The Morgan fingerprint density at radius 2 is 2.12 bits per heavy atom. The Bertz CT molecular complexity index is 78.5. The summed E-state index contributed by atoms with van der Waals surface area (Å²) in [6, 6.07) is 1.65. The predicted octanol–water partition coefficient (Wildman–Crippen LogP) is -0.290. The molecule has 46 valence electrons. The topological polar surface area (TPSA) is 24.1 Å². The van der Waals surface area contributed by atoms with E-state index in [0.29, 0.717) is 0 Å². The molecule has 2 unspecified atom stereocenters. The van der Waals surface area contributed by atoms with Gasteiger partial charge in [0, 0.05) is 18.6 Å². The summed E-state index contributed by atoms with van der Waals surface area (Å²) in [5.41, 5.74) is 0. The summed E-state index contributed by atoms with van der Waals surface area (Å²) < 4.78 is 0. The first-order valence-corrected chi connectivity index (χ1v) is 3.42. The Balaban J connectivity index is 2.03. The molecule has 2 saturated heterocycles. The van der Waals surface area contributed by atoms with Gasteiger partial charge in [-0.05, 0) is 19.4 Å². The highest BCUT2D eigenvalue weighted by atomic mass is 15.1. The van der Waals surface area contributed by atoms with Gasteiger partial charge in [0.2, 0.25) is 0 Å². The molecule has 2 rings (SSSR count). The fourth-order valence-corrected chi connectivity index (χ4v) is 1.66. The largest absolute Gasteiger partial charge is 0.313 e. The maximum atomic E-state index is 3.46. The quantitative estimate of drug-likeness (QED) is 0.450. The van der Waals surface area contributed by atoms with E-state index in [9.17, 15) is 0 Å². The minimum absolute atomic E-state index is 0.800. The van der Waals surface area contributed by atoms with E-state index < -0.39 is 0 Å². The van der Waals surface area contributed by atoms with E-state index in [0.717, 1.165) is 12.1 Å². The minimum Gasteiger partial charge on any atom is -0.313 e. The Morgan fingerprint density at radius 3 is 2.88 bits per heavy atom. The summed E-state index contributed by atoms with van der Waals surface area (Å²) >= 11 is 0. The monoisotopic (exact) mass is 112 g/mol. The summed E-state index contributed by atoms with van der Waals surface area (Å²) in [7, 11) is 0. The van der Waals surface area contributed by atoms with Crippen LogP contribution >= 0.6 is 0 Å². The number of nitrogens with one attached hydrogen (secondary N) is 2. The Hall–Kier alpha value is -0.0800. The fourth-order valence-electron chi connectivity index (χ4n) is 1.66. The van der Waals surface area contributed by atoms with Crippen molar-refractivity contribution in [3.63, 3.8) is 0 Å². The van der Waals surface area contributed by atoms with Crippen molar-refractivity contribution in [2.75, 3.05) is 13.1 Å². The maximum Gasteiger partial charge on any atom is 0.0207 e. The second-order valence-electron chi connectivity index (χ2n) is 2.78. The van der Waals surface area contributed by atoms with Gasteiger partial charge in [0.15, 0.2) is 0 Å². The highest BCUT2D eigenvalue weighted by Gasteiger charge is 2.26. The van der Waals surface area contributed by atoms with Crippen LogP contribution in [0.1, 0.15) is 12.8 Å². The van der Waals surface area contributed by atoms with Gasteiger partial charge in [-0.15, -0.1) is 0 Å². The normalized spacial score (nSPS) is 45.0. The molecule has 2 aliphatic heterocycles. The van der Waals surface area contributed by atoms with Gasteiger partial charge in [0.05, 0.1) is 0 Å². The van der Waals surface area contributed by atoms with Crippen molar-refractivity contribution in [3.8, 4) is 0 Å². The second-order valence-corrected chi connectivity index (χ2v) is 2.78. The first-order valence-electron chi connectivity index (χ1n) is 3.42. The maximum absolute atomic E-state index is 3.46. The molecular formula is C6H12N2. The third-order valence-electron chi connectivity index (χ3n) is 2.15. The van der Waals surface area contributed by atoms with Crippen LogP contribution in [0.2, 0.25) is 0 Å². The highest BCUT2D eigenvalue weighted by Crippen LogP contribution is 2.13. The molecule has 2 fully saturated rings. The van der Waals surface area contributed by atoms with Crippen molar-refractivity contribution in [3.05, 3.63) is 0 Å². The third kappa shape index (κ3) is 0.644. The molecule has 2 bridgehead atoms. The van der Waals surface area contributed by atoms with Crippen LogP contribution < -0.4 is 10.6 Å². The van der Waals surface area contributed by atoms with Crippen molar-refractivity contribution < 1.29 is 0 Å². The van der Waals surface area contributed by atoms with E-state index in [-0.39, 0.29) is 0 Å². The molecule has 2 N–H and O–H groups in total. The SMILES string of the molecule is C1CC2CC(CN2)N1. The van der Waals surface area contributed by atoms with Gasteiger partial charge in [-0.1, -0.05) is 0 Å². The average Bonchev–Trinajstić information content (AvgIpc) is 2.12. The first-order chi connectivity index (χ1) is 3.95. The summed E-state index contributed by atoms with van der Waals surface area (Å²) in [4.78, 5) is 0. The molecule has 0 aromatic rings. The van der Waals surface area contributed by atoms with E-state index in [2.05, 4.69) is 10.6 Å². The van der Waals surface area contributed by atoms with Crippen LogP contribution in [-0.4, -0.2) is 25.2 Å². The first kappa shape index (κ1) is 4.77. The lowest BCUT2D eigenvalue weighted by Crippen LogP contribution is -2.34. The number of hydrogen-bond donors (Lipinski definition) is 2. The third-order valence-corrected chi connectivity index (χ3v) is 2.15. The van der Waals surface area contributed by atoms with Gasteiger partial charge in [0.1, 0.15) is 0 Å². The lowest BCUT2D eigenvalue weighted by molar-refractivity contribution is 0.441. The van der Waals surface area contributed by atoms with Gasteiger partial charge in [0.25, 0.3) is 0 Å². The van der Waals surface area contributed by atoms with Crippen molar-refractivity contribution in [1.29, 1.82) is 0 Å². The lowest BCUT2D eigenvalue weighted by Gasteiger charge is -2.17. The highest BCUT2D eigenvalue weighted by molar-refractivity contribution is 4.90. The van der Waals surface area contributed by atoms with Gasteiger partial charge in [-0.2, -0.15) is 0 Å². The molecule has 0 spiro atoms. The van der Waals surface area contributed by atoms with Crippen molar-refractivity contribution in [1.82, 2.24) is 10.6 Å². The molecule has 0 amide bonds. The van der Waals surface area contributed by atoms with E-state index in [1.165, 1.54) is 25.9 Å². The Morgan fingerprint density at radius 1 is 1.12 bits per heavy atom. The van der Waals surface area contributed by atoms with E-state index >= 15 is 0 Å². The summed E-state index contributed by atoms with van der Waals surface area (Å²) in [6.45, 7) is 2.42. The lowest BCUT2D eigenvalue weighted by atomic mass is 10.1. The summed E-state index contributed by atoms with van der Waals surface area (Å²) in [5, 5.41) is 6.90. The van der Waals surface area contributed by atoms with Gasteiger partial charge in [-0.3, -0.25) is 0 Å². The van der Waals surface area contributed by atoms with Crippen LogP contribution in [0.15, 0.2) is 0 Å². The standard InChI is InChI=1S/C6H12N2/c1-2-7-6-3-5(1)8-4-6/h5-8H,1-4H2. The Labute approximate surface area is 49.7 Å². The number of rotatable bonds is 0. The molecule has 0 aromatic carbocycles. The number of piperidine rings is 1.